The van der Waals surface area contributed by atoms with Gasteiger partial charge in [0.05, 0.1) is 12.1 Å². The fraction of sp³-hybridized carbons (Fsp3) is 0.933. The van der Waals surface area contributed by atoms with Crippen molar-refractivity contribution in [3.8, 4) is 0 Å². The van der Waals surface area contributed by atoms with Crippen molar-refractivity contribution >= 4 is 5.91 Å². The van der Waals surface area contributed by atoms with Crippen LogP contribution in [0.15, 0.2) is 0 Å². The number of hydrogen-bond acceptors (Lipinski definition) is 3. The minimum atomic E-state index is -0.764. The summed E-state index contributed by atoms with van der Waals surface area (Å²) in [6.45, 7) is 13.6. The second-order valence-corrected chi connectivity index (χ2v) is 6.56. The van der Waals surface area contributed by atoms with E-state index in [-0.39, 0.29) is 11.9 Å². The minimum absolute atomic E-state index is 0.0438. The molecule has 1 amide bonds. The third-order valence-electron chi connectivity index (χ3n) is 3.01. The van der Waals surface area contributed by atoms with Crippen molar-refractivity contribution in [3.05, 3.63) is 0 Å². The van der Waals surface area contributed by atoms with E-state index < -0.39 is 5.60 Å². The second-order valence-electron chi connectivity index (χ2n) is 6.56. The molecule has 0 bridgehead atoms. The van der Waals surface area contributed by atoms with Crippen LogP contribution in [0.3, 0.4) is 0 Å². The van der Waals surface area contributed by atoms with Gasteiger partial charge in [0.25, 0.3) is 0 Å². The summed E-state index contributed by atoms with van der Waals surface area (Å²) >= 11 is 0. The Morgan fingerprint density at radius 3 is 2.26 bits per heavy atom. The monoisotopic (exact) mass is 272 g/mol. The molecule has 0 saturated carbocycles. The number of amides is 1. The van der Waals surface area contributed by atoms with Gasteiger partial charge in [0.1, 0.15) is 0 Å². The summed E-state index contributed by atoms with van der Waals surface area (Å²) in [7, 11) is 0. The number of carbonyl (C=O) groups is 1. The molecule has 2 N–H and O–H groups in total. The first-order chi connectivity index (χ1) is 8.64. The van der Waals surface area contributed by atoms with Crippen LogP contribution in [0.5, 0.6) is 0 Å². The summed E-state index contributed by atoms with van der Waals surface area (Å²) < 4.78 is 0. The molecule has 114 valence electrons. The van der Waals surface area contributed by atoms with E-state index in [1.807, 2.05) is 18.7 Å². The van der Waals surface area contributed by atoms with Gasteiger partial charge in [-0.05, 0) is 46.1 Å². The molecular formula is C15H32N2O2. The Morgan fingerprint density at radius 1 is 1.26 bits per heavy atom. The third-order valence-corrected chi connectivity index (χ3v) is 3.01. The molecule has 4 heteroatoms. The standard InChI is InChI=1S/C15H32N2O2/c1-7-17(11-15(5,6)19)10-14(18)16-13(4)9-8-12(2)3/h12-13,19H,7-11H2,1-6H3,(H,16,18). The summed E-state index contributed by atoms with van der Waals surface area (Å²) in [5.41, 5.74) is -0.764. The molecule has 0 fully saturated rings. The predicted octanol–water partition coefficient (Wildman–Crippen LogP) is 2.02. The van der Waals surface area contributed by atoms with Crippen molar-refractivity contribution in [2.75, 3.05) is 19.6 Å². The summed E-state index contributed by atoms with van der Waals surface area (Å²) in [6.07, 6.45) is 2.14. The lowest BCUT2D eigenvalue weighted by molar-refractivity contribution is -0.123. The van der Waals surface area contributed by atoms with Crippen LogP contribution in [0.2, 0.25) is 0 Å². The Balaban J connectivity index is 4.06. The van der Waals surface area contributed by atoms with Crippen LogP contribution in [-0.2, 0) is 4.79 Å². The van der Waals surface area contributed by atoms with Gasteiger partial charge in [-0.2, -0.15) is 0 Å². The molecular weight excluding hydrogens is 240 g/mol. The van der Waals surface area contributed by atoms with Crippen LogP contribution in [0.4, 0.5) is 0 Å². The molecule has 0 heterocycles. The number of aliphatic hydroxyl groups is 1. The number of likely N-dealkylation sites (N-methyl/N-ethyl adjacent to an activating group) is 1. The lowest BCUT2D eigenvalue weighted by Gasteiger charge is -2.28. The number of carbonyl (C=O) groups excluding carboxylic acids is 1. The van der Waals surface area contributed by atoms with E-state index in [0.717, 1.165) is 19.4 Å². The van der Waals surface area contributed by atoms with Gasteiger partial charge in [-0.1, -0.05) is 20.8 Å². The summed E-state index contributed by atoms with van der Waals surface area (Å²) in [5.74, 6) is 0.712. The topological polar surface area (TPSA) is 52.6 Å². The largest absolute Gasteiger partial charge is 0.389 e. The van der Waals surface area contributed by atoms with Gasteiger partial charge >= 0.3 is 0 Å². The predicted molar refractivity (Wildman–Crippen MR) is 80.1 cm³/mol. The van der Waals surface area contributed by atoms with Gasteiger partial charge < -0.3 is 10.4 Å². The Hall–Kier alpha value is -0.610. The first-order valence-electron chi connectivity index (χ1n) is 7.38. The average molecular weight is 272 g/mol. The maximum Gasteiger partial charge on any atom is 0.234 e. The van der Waals surface area contributed by atoms with Gasteiger partial charge in [-0.3, -0.25) is 9.69 Å². The van der Waals surface area contributed by atoms with Crippen LogP contribution < -0.4 is 5.32 Å². The molecule has 0 aromatic heterocycles. The van der Waals surface area contributed by atoms with Crippen molar-refractivity contribution in [2.24, 2.45) is 5.92 Å². The molecule has 0 aliphatic rings. The first kappa shape index (κ1) is 18.4. The van der Waals surface area contributed by atoms with E-state index in [0.29, 0.717) is 19.0 Å². The Labute approximate surface area is 118 Å². The van der Waals surface area contributed by atoms with Crippen LogP contribution in [0, 0.1) is 5.92 Å². The van der Waals surface area contributed by atoms with Gasteiger partial charge in [-0.25, -0.2) is 0 Å². The van der Waals surface area contributed by atoms with Crippen LogP contribution in [-0.4, -0.2) is 47.2 Å². The van der Waals surface area contributed by atoms with Gasteiger partial charge in [0.15, 0.2) is 0 Å². The average Bonchev–Trinajstić information content (AvgIpc) is 2.23. The van der Waals surface area contributed by atoms with Crippen LogP contribution in [0.1, 0.15) is 54.4 Å². The van der Waals surface area contributed by atoms with E-state index in [4.69, 9.17) is 0 Å². The SMILES string of the molecule is CCN(CC(=O)NC(C)CCC(C)C)CC(C)(C)O. The minimum Gasteiger partial charge on any atom is -0.389 e. The molecule has 19 heavy (non-hydrogen) atoms. The Bertz CT molecular complexity index is 259. The molecule has 4 nitrogen and oxygen atoms in total. The summed E-state index contributed by atoms with van der Waals surface area (Å²) in [4.78, 5) is 13.9. The van der Waals surface area contributed by atoms with Gasteiger partial charge in [-0.15, -0.1) is 0 Å². The van der Waals surface area contributed by atoms with Gasteiger partial charge in [0, 0.05) is 12.6 Å². The summed E-state index contributed by atoms with van der Waals surface area (Å²) in [5, 5.41) is 12.8. The van der Waals surface area contributed by atoms with E-state index in [1.165, 1.54) is 0 Å². The molecule has 1 atom stereocenters. The van der Waals surface area contributed by atoms with E-state index in [1.54, 1.807) is 13.8 Å². The second kappa shape index (κ2) is 8.54. The third kappa shape index (κ3) is 11.0. The molecule has 0 saturated heterocycles. The zero-order valence-electron chi connectivity index (χ0n) is 13.5. The highest BCUT2D eigenvalue weighted by Crippen LogP contribution is 2.07. The summed E-state index contributed by atoms with van der Waals surface area (Å²) in [6, 6.07) is 0.218. The van der Waals surface area contributed by atoms with Crippen molar-refractivity contribution in [1.82, 2.24) is 10.2 Å². The maximum absolute atomic E-state index is 11.9. The molecule has 0 aliphatic carbocycles. The van der Waals surface area contributed by atoms with Crippen molar-refractivity contribution in [3.63, 3.8) is 0 Å². The van der Waals surface area contributed by atoms with Gasteiger partial charge in [0.2, 0.25) is 5.91 Å². The number of hydrogen-bond donors (Lipinski definition) is 2. The Morgan fingerprint density at radius 2 is 1.84 bits per heavy atom. The van der Waals surface area contributed by atoms with E-state index in [9.17, 15) is 9.90 Å². The molecule has 0 radical (unpaired) electrons. The van der Waals surface area contributed by atoms with E-state index >= 15 is 0 Å². The van der Waals surface area contributed by atoms with Crippen LogP contribution >= 0.6 is 0 Å². The highest BCUT2D eigenvalue weighted by atomic mass is 16.3. The van der Waals surface area contributed by atoms with Crippen molar-refractivity contribution in [2.45, 2.75) is 66.0 Å². The Kier molecular flexibility index (Phi) is 8.26. The van der Waals surface area contributed by atoms with E-state index in [2.05, 4.69) is 19.2 Å². The van der Waals surface area contributed by atoms with Crippen molar-refractivity contribution in [1.29, 1.82) is 0 Å². The lowest BCUT2D eigenvalue weighted by Crippen LogP contribution is -2.45. The molecule has 0 rings (SSSR count). The highest BCUT2D eigenvalue weighted by molar-refractivity contribution is 5.78. The highest BCUT2D eigenvalue weighted by Gasteiger charge is 2.19. The zero-order valence-corrected chi connectivity index (χ0v) is 13.5. The number of rotatable bonds is 9. The molecule has 1 unspecified atom stereocenters. The number of nitrogens with one attached hydrogen (secondary N) is 1. The molecule has 0 aromatic rings. The lowest BCUT2D eigenvalue weighted by atomic mass is 10.0. The molecule has 0 aliphatic heterocycles. The molecule has 0 spiro atoms. The normalized spacial score (nSPS) is 13.9. The molecule has 0 aromatic carbocycles. The number of nitrogens with zero attached hydrogens (tertiary/aromatic N) is 1. The van der Waals surface area contributed by atoms with Crippen LogP contribution in [0.25, 0.3) is 0 Å². The maximum atomic E-state index is 11.9. The fourth-order valence-electron chi connectivity index (χ4n) is 2.01. The first-order valence-corrected chi connectivity index (χ1v) is 7.38. The fourth-order valence-corrected chi connectivity index (χ4v) is 2.01. The van der Waals surface area contributed by atoms with Crippen molar-refractivity contribution < 1.29 is 9.90 Å². The zero-order chi connectivity index (χ0) is 15.1. The quantitative estimate of drug-likeness (QED) is 0.675. The smallest absolute Gasteiger partial charge is 0.234 e.